The lowest BCUT2D eigenvalue weighted by molar-refractivity contribution is -0.121. The number of hydrogen-bond acceptors (Lipinski definition) is 3. The van der Waals surface area contributed by atoms with Gasteiger partial charge in [0, 0.05) is 23.5 Å². The number of anilines is 1. The topological polar surface area (TPSA) is 45.2 Å². The van der Waals surface area contributed by atoms with Crippen molar-refractivity contribution >= 4 is 22.5 Å². The predicted molar refractivity (Wildman–Crippen MR) is 92.4 cm³/mol. The van der Waals surface area contributed by atoms with Crippen LogP contribution in [0.2, 0.25) is 0 Å². The fraction of sp³-hybridized carbons (Fsp3) is 0.474. The largest absolute Gasteiger partial charge is 0.325 e. The molecule has 1 aromatic carbocycles. The van der Waals surface area contributed by atoms with Gasteiger partial charge < -0.3 is 10.2 Å². The predicted octanol–water partition coefficient (Wildman–Crippen LogP) is 3.36. The van der Waals surface area contributed by atoms with Crippen molar-refractivity contribution < 1.29 is 4.79 Å². The third kappa shape index (κ3) is 2.95. The Morgan fingerprint density at radius 2 is 1.96 bits per heavy atom. The molecule has 2 aliphatic rings. The molecule has 4 rings (SSSR count). The number of aryl methyl sites for hydroxylation is 1. The highest BCUT2D eigenvalue weighted by molar-refractivity contribution is 6.02. The van der Waals surface area contributed by atoms with Crippen LogP contribution in [-0.4, -0.2) is 34.9 Å². The van der Waals surface area contributed by atoms with Crippen LogP contribution in [0.3, 0.4) is 0 Å². The number of benzene rings is 1. The Hall–Kier alpha value is -1.94. The summed E-state index contributed by atoms with van der Waals surface area (Å²) in [5.41, 5.74) is 2.98. The molecule has 0 radical (unpaired) electrons. The summed E-state index contributed by atoms with van der Waals surface area (Å²) < 4.78 is 0. The maximum absolute atomic E-state index is 12.6. The van der Waals surface area contributed by atoms with Crippen LogP contribution in [0.1, 0.15) is 31.2 Å². The molecule has 4 heteroatoms. The van der Waals surface area contributed by atoms with Gasteiger partial charge in [0.15, 0.2) is 0 Å². The summed E-state index contributed by atoms with van der Waals surface area (Å²) in [6.07, 6.45) is 6.45. The van der Waals surface area contributed by atoms with Crippen LogP contribution >= 0.6 is 0 Å². The van der Waals surface area contributed by atoms with Crippen LogP contribution in [0.25, 0.3) is 10.9 Å². The number of nitrogens with zero attached hydrogens (tertiary/aromatic N) is 2. The van der Waals surface area contributed by atoms with Crippen molar-refractivity contribution in [1.29, 1.82) is 0 Å². The highest BCUT2D eigenvalue weighted by Gasteiger charge is 2.33. The fourth-order valence-corrected chi connectivity index (χ4v) is 3.62. The van der Waals surface area contributed by atoms with Gasteiger partial charge in [-0.25, -0.2) is 0 Å². The molecule has 2 heterocycles. The van der Waals surface area contributed by atoms with Gasteiger partial charge >= 0.3 is 0 Å². The van der Waals surface area contributed by atoms with Crippen molar-refractivity contribution in [3.63, 3.8) is 0 Å². The molecule has 23 heavy (non-hydrogen) atoms. The van der Waals surface area contributed by atoms with Gasteiger partial charge in [0.05, 0.1) is 11.2 Å². The number of fused-ring (bicyclic) bond motifs is 1. The minimum absolute atomic E-state index is 0.137. The Morgan fingerprint density at radius 1 is 1.17 bits per heavy atom. The minimum atomic E-state index is 0.137. The summed E-state index contributed by atoms with van der Waals surface area (Å²) in [4.78, 5) is 19.6. The standard InChI is InChI=1S/C19H23N3O/c1-13-4-7-17(16-3-2-10-20-18(13)16)21-19(23)14-8-11-22(12-9-14)15-5-6-15/h2-4,7,10,14-15H,5-6,8-9,11-12H2,1H3,(H,21,23). The molecule has 2 fully saturated rings. The number of carbonyl (C=O) groups is 1. The van der Waals surface area contributed by atoms with Crippen molar-refractivity contribution in [2.24, 2.45) is 5.92 Å². The Balaban J connectivity index is 1.47. The molecule has 0 spiro atoms. The van der Waals surface area contributed by atoms with Crippen LogP contribution in [0.4, 0.5) is 5.69 Å². The van der Waals surface area contributed by atoms with E-state index in [1.165, 1.54) is 12.8 Å². The molecule has 2 aromatic rings. The Kier molecular flexibility index (Phi) is 3.77. The molecule has 1 saturated heterocycles. The molecular weight excluding hydrogens is 286 g/mol. The number of rotatable bonds is 3. The van der Waals surface area contributed by atoms with E-state index in [4.69, 9.17) is 0 Å². The Bertz CT molecular complexity index is 730. The van der Waals surface area contributed by atoms with E-state index in [9.17, 15) is 4.79 Å². The van der Waals surface area contributed by atoms with Gasteiger partial charge in [0.25, 0.3) is 0 Å². The third-order valence-electron chi connectivity index (χ3n) is 5.19. The smallest absolute Gasteiger partial charge is 0.227 e. The van der Waals surface area contributed by atoms with Gasteiger partial charge in [-0.3, -0.25) is 9.78 Å². The number of carbonyl (C=O) groups excluding carboxylic acids is 1. The summed E-state index contributed by atoms with van der Waals surface area (Å²) in [7, 11) is 0. The lowest BCUT2D eigenvalue weighted by atomic mass is 9.95. The van der Waals surface area contributed by atoms with E-state index in [-0.39, 0.29) is 11.8 Å². The summed E-state index contributed by atoms with van der Waals surface area (Å²) in [6, 6.07) is 8.79. The van der Waals surface area contributed by atoms with Gasteiger partial charge in [-0.15, -0.1) is 0 Å². The molecule has 1 aliphatic heterocycles. The van der Waals surface area contributed by atoms with E-state index in [1.807, 2.05) is 24.3 Å². The number of hydrogen-bond donors (Lipinski definition) is 1. The highest BCUT2D eigenvalue weighted by atomic mass is 16.1. The van der Waals surface area contributed by atoms with Gasteiger partial charge in [-0.1, -0.05) is 6.07 Å². The van der Waals surface area contributed by atoms with Crippen LogP contribution in [-0.2, 0) is 4.79 Å². The minimum Gasteiger partial charge on any atom is -0.325 e. The molecule has 120 valence electrons. The number of amides is 1. The Morgan fingerprint density at radius 3 is 2.70 bits per heavy atom. The summed E-state index contributed by atoms with van der Waals surface area (Å²) >= 11 is 0. The summed E-state index contributed by atoms with van der Waals surface area (Å²) in [5.74, 6) is 0.299. The van der Waals surface area contributed by atoms with Crippen molar-refractivity contribution in [3.05, 3.63) is 36.0 Å². The molecule has 1 amide bonds. The number of aromatic nitrogens is 1. The maximum atomic E-state index is 12.6. The molecular formula is C19H23N3O. The average molecular weight is 309 g/mol. The SMILES string of the molecule is Cc1ccc(NC(=O)C2CCN(C3CC3)CC2)c2cccnc12. The number of pyridine rings is 1. The molecule has 0 atom stereocenters. The third-order valence-corrected chi connectivity index (χ3v) is 5.19. The quantitative estimate of drug-likeness (QED) is 0.945. The lowest BCUT2D eigenvalue weighted by Gasteiger charge is -2.31. The van der Waals surface area contributed by atoms with Crippen molar-refractivity contribution in [2.45, 2.75) is 38.6 Å². The first-order valence-electron chi connectivity index (χ1n) is 8.61. The summed E-state index contributed by atoms with van der Waals surface area (Å²) in [6.45, 7) is 4.19. The van der Waals surface area contributed by atoms with E-state index in [1.54, 1.807) is 6.20 Å². The number of likely N-dealkylation sites (tertiary alicyclic amines) is 1. The van der Waals surface area contributed by atoms with Crippen LogP contribution < -0.4 is 5.32 Å². The van der Waals surface area contributed by atoms with E-state index in [2.05, 4.69) is 22.1 Å². The van der Waals surface area contributed by atoms with E-state index in [0.29, 0.717) is 0 Å². The zero-order chi connectivity index (χ0) is 15.8. The second-order valence-electron chi connectivity index (χ2n) is 6.86. The average Bonchev–Trinajstić information content (AvgIpc) is 3.43. The zero-order valence-electron chi connectivity index (χ0n) is 13.6. The van der Waals surface area contributed by atoms with Gasteiger partial charge in [-0.2, -0.15) is 0 Å². The van der Waals surface area contributed by atoms with E-state index in [0.717, 1.165) is 54.1 Å². The van der Waals surface area contributed by atoms with Crippen molar-refractivity contribution in [3.8, 4) is 0 Å². The first-order valence-corrected chi connectivity index (χ1v) is 8.61. The number of piperidine rings is 1. The van der Waals surface area contributed by atoms with E-state index < -0.39 is 0 Å². The molecule has 1 aromatic heterocycles. The van der Waals surface area contributed by atoms with E-state index >= 15 is 0 Å². The zero-order valence-corrected chi connectivity index (χ0v) is 13.6. The maximum Gasteiger partial charge on any atom is 0.227 e. The second kappa shape index (κ2) is 5.93. The van der Waals surface area contributed by atoms with Crippen molar-refractivity contribution in [2.75, 3.05) is 18.4 Å². The lowest BCUT2D eigenvalue weighted by Crippen LogP contribution is -2.39. The normalized spacial score (nSPS) is 19.9. The van der Waals surface area contributed by atoms with Gasteiger partial charge in [-0.05, 0) is 69.5 Å². The molecule has 1 saturated carbocycles. The van der Waals surface area contributed by atoms with Crippen LogP contribution in [0.5, 0.6) is 0 Å². The fourth-order valence-electron chi connectivity index (χ4n) is 3.62. The first kappa shape index (κ1) is 14.6. The second-order valence-corrected chi connectivity index (χ2v) is 6.86. The number of nitrogens with one attached hydrogen (secondary N) is 1. The molecule has 4 nitrogen and oxygen atoms in total. The van der Waals surface area contributed by atoms with Gasteiger partial charge in [0.1, 0.15) is 0 Å². The van der Waals surface area contributed by atoms with Crippen molar-refractivity contribution in [1.82, 2.24) is 9.88 Å². The van der Waals surface area contributed by atoms with Crippen LogP contribution in [0.15, 0.2) is 30.5 Å². The molecule has 0 bridgehead atoms. The van der Waals surface area contributed by atoms with Crippen LogP contribution in [0, 0.1) is 12.8 Å². The van der Waals surface area contributed by atoms with Gasteiger partial charge in [0.2, 0.25) is 5.91 Å². The summed E-state index contributed by atoms with van der Waals surface area (Å²) in [5, 5.41) is 4.17. The molecule has 0 unspecified atom stereocenters. The molecule has 1 aliphatic carbocycles. The monoisotopic (exact) mass is 309 g/mol. The molecule has 1 N–H and O–H groups in total. The Labute approximate surface area is 136 Å². The highest BCUT2D eigenvalue weighted by Crippen LogP contribution is 2.31. The first-order chi connectivity index (χ1) is 11.2.